The number of fused-ring (bicyclic) bond motifs is 2. The van der Waals surface area contributed by atoms with Gasteiger partial charge in [0.2, 0.25) is 0 Å². The first kappa shape index (κ1) is 20.4. The summed E-state index contributed by atoms with van der Waals surface area (Å²) in [7, 11) is 1.37. The molecule has 158 valence electrons. The van der Waals surface area contributed by atoms with Gasteiger partial charge < -0.3 is 9.47 Å². The third-order valence-corrected chi connectivity index (χ3v) is 6.88. The normalized spacial score (nSPS) is 30.5. The maximum absolute atomic E-state index is 13.3. The van der Waals surface area contributed by atoms with Crippen molar-refractivity contribution in [3.8, 4) is 0 Å². The van der Waals surface area contributed by atoms with E-state index in [0.717, 1.165) is 31.5 Å². The van der Waals surface area contributed by atoms with Crippen molar-refractivity contribution in [1.82, 2.24) is 9.80 Å². The van der Waals surface area contributed by atoms with E-state index < -0.39 is 11.4 Å². The summed E-state index contributed by atoms with van der Waals surface area (Å²) in [5.74, 6) is -0.661. The molecule has 3 aliphatic heterocycles. The lowest BCUT2D eigenvalue weighted by atomic mass is 9.70. The van der Waals surface area contributed by atoms with Crippen molar-refractivity contribution in [1.29, 1.82) is 0 Å². The number of benzene rings is 1. The van der Waals surface area contributed by atoms with Gasteiger partial charge in [-0.1, -0.05) is 12.1 Å². The van der Waals surface area contributed by atoms with E-state index in [2.05, 4.69) is 9.80 Å². The predicted molar refractivity (Wildman–Crippen MR) is 105 cm³/mol. The van der Waals surface area contributed by atoms with Crippen molar-refractivity contribution in [2.75, 3.05) is 40.0 Å². The molecule has 1 aromatic rings. The number of ketones is 1. The molecule has 1 aromatic carbocycles. The Labute approximate surface area is 170 Å². The molecule has 0 aromatic heterocycles. The monoisotopic (exact) mass is 404 g/mol. The molecule has 0 saturated carbocycles. The van der Waals surface area contributed by atoms with Gasteiger partial charge in [0.1, 0.15) is 11.2 Å². The maximum Gasteiger partial charge on any atom is 0.321 e. The van der Waals surface area contributed by atoms with Gasteiger partial charge >= 0.3 is 5.97 Å². The minimum Gasteiger partial charge on any atom is -0.468 e. The number of carbonyl (C=O) groups excluding carboxylic acids is 2. The number of piperidine rings is 1. The average molecular weight is 404 g/mol. The van der Waals surface area contributed by atoms with Crippen LogP contribution in [0.25, 0.3) is 0 Å². The quantitative estimate of drug-likeness (QED) is 0.534. The molecule has 3 atom stereocenters. The standard InChI is InChI=1S/C22H29FN2O4/c1-28-21(27)22(8-9-24-10-12-29-13-11-24)19-7-6-18(14-20(22)26)25(19)15-16-2-4-17(23)5-3-16/h2-5,18-19H,6-15H2,1H3/t18-,19-,22-/m1/s1. The maximum atomic E-state index is 13.3. The van der Waals surface area contributed by atoms with Gasteiger partial charge in [-0.25, -0.2) is 4.39 Å². The molecule has 0 N–H and O–H groups in total. The fourth-order valence-corrected chi connectivity index (χ4v) is 5.31. The van der Waals surface area contributed by atoms with E-state index in [1.54, 1.807) is 12.1 Å². The topological polar surface area (TPSA) is 59.1 Å². The predicted octanol–water partition coefficient (Wildman–Crippen LogP) is 2.01. The zero-order chi connectivity index (χ0) is 20.4. The number of esters is 1. The number of Topliss-reactive ketones (excluding diaryl/α,β-unsaturated/α-hetero) is 1. The van der Waals surface area contributed by atoms with Crippen LogP contribution >= 0.6 is 0 Å². The van der Waals surface area contributed by atoms with E-state index in [4.69, 9.17) is 9.47 Å². The van der Waals surface area contributed by atoms with Crippen LogP contribution in [0.1, 0.15) is 31.2 Å². The van der Waals surface area contributed by atoms with Gasteiger partial charge in [0.25, 0.3) is 0 Å². The summed E-state index contributed by atoms with van der Waals surface area (Å²) in [6.07, 6.45) is 2.54. The highest BCUT2D eigenvalue weighted by Gasteiger charge is 2.61. The number of morpholine rings is 1. The molecule has 6 nitrogen and oxygen atoms in total. The Bertz CT molecular complexity index is 750. The second kappa shape index (κ2) is 8.50. The van der Waals surface area contributed by atoms with Crippen LogP contribution in [0.15, 0.2) is 24.3 Å². The molecule has 4 rings (SSSR count). The second-order valence-corrected chi connectivity index (χ2v) is 8.34. The summed E-state index contributed by atoms with van der Waals surface area (Å²) in [6, 6.07) is 6.43. The first-order valence-corrected chi connectivity index (χ1v) is 10.5. The summed E-state index contributed by atoms with van der Waals surface area (Å²) in [4.78, 5) is 30.9. The van der Waals surface area contributed by atoms with Crippen LogP contribution in [-0.2, 0) is 25.6 Å². The number of nitrogens with zero attached hydrogens (tertiary/aromatic N) is 2. The molecule has 0 aliphatic carbocycles. The van der Waals surface area contributed by atoms with E-state index in [-0.39, 0.29) is 23.7 Å². The van der Waals surface area contributed by atoms with E-state index in [0.29, 0.717) is 39.1 Å². The van der Waals surface area contributed by atoms with Crippen LogP contribution in [0.5, 0.6) is 0 Å². The van der Waals surface area contributed by atoms with E-state index >= 15 is 0 Å². The molecular weight excluding hydrogens is 375 g/mol. The first-order valence-electron chi connectivity index (χ1n) is 10.5. The Morgan fingerprint density at radius 3 is 2.66 bits per heavy atom. The lowest BCUT2D eigenvalue weighted by Gasteiger charge is -2.46. The Hall–Kier alpha value is -1.83. The molecule has 3 fully saturated rings. The van der Waals surface area contributed by atoms with Gasteiger partial charge in [0.15, 0.2) is 5.78 Å². The minimum absolute atomic E-state index is 0.0143. The van der Waals surface area contributed by atoms with Gasteiger partial charge in [-0.15, -0.1) is 0 Å². The van der Waals surface area contributed by atoms with Crippen LogP contribution < -0.4 is 0 Å². The number of hydrogen-bond acceptors (Lipinski definition) is 6. The molecule has 0 amide bonds. The average Bonchev–Trinajstić information content (AvgIpc) is 3.05. The van der Waals surface area contributed by atoms with Crippen LogP contribution in [0.2, 0.25) is 0 Å². The van der Waals surface area contributed by atoms with Crippen molar-refractivity contribution < 1.29 is 23.5 Å². The first-order chi connectivity index (χ1) is 14.0. The van der Waals surface area contributed by atoms with Crippen molar-refractivity contribution in [3.05, 3.63) is 35.6 Å². The number of carbonyl (C=O) groups is 2. The summed E-state index contributed by atoms with van der Waals surface area (Å²) >= 11 is 0. The van der Waals surface area contributed by atoms with E-state index in [9.17, 15) is 14.0 Å². The molecule has 0 unspecified atom stereocenters. The third kappa shape index (κ3) is 3.83. The van der Waals surface area contributed by atoms with E-state index in [1.165, 1.54) is 19.2 Å². The number of ether oxygens (including phenoxy) is 2. The van der Waals surface area contributed by atoms with Gasteiger partial charge in [-0.2, -0.15) is 0 Å². The Kier molecular flexibility index (Phi) is 5.99. The van der Waals surface area contributed by atoms with Crippen molar-refractivity contribution >= 4 is 11.8 Å². The van der Waals surface area contributed by atoms with Crippen LogP contribution in [0.4, 0.5) is 4.39 Å². The van der Waals surface area contributed by atoms with Crippen molar-refractivity contribution in [2.24, 2.45) is 5.41 Å². The highest BCUT2D eigenvalue weighted by atomic mass is 19.1. The molecule has 2 bridgehead atoms. The second-order valence-electron chi connectivity index (χ2n) is 8.34. The Balaban J connectivity index is 1.58. The highest BCUT2D eigenvalue weighted by Crippen LogP contribution is 2.48. The van der Waals surface area contributed by atoms with Crippen molar-refractivity contribution in [3.63, 3.8) is 0 Å². The summed E-state index contributed by atoms with van der Waals surface area (Å²) in [5, 5.41) is 0. The summed E-state index contributed by atoms with van der Waals surface area (Å²) in [5.41, 5.74) is -0.135. The van der Waals surface area contributed by atoms with Gasteiger partial charge in [0, 0.05) is 38.1 Å². The molecule has 7 heteroatoms. The van der Waals surface area contributed by atoms with Crippen LogP contribution in [0.3, 0.4) is 0 Å². The largest absolute Gasteiger partial charge is 0.468 e. The van der Waals surface area contributed by atoms with E-state index in [1.807, 2.05) is 0 Å². The fourth-order valence-electron chi connectivity index (χ4n) is 5.31. The number of halogens is 1. The third-order valence-electron chi connectivity index (χ3n) is 6.88. The lowest BCUT2D eigenvalue weighted by molar-refractivity contribution is -0.168. The van der Waals surface area contributed by atoms with Gasteiger partial charge in [-0.3, -0.25) is 19.4 Å². The molecule has 29 heavy (non-hydrogen) atoms. The lowest BCUT2D eigenvalue weighted by Crippen LogP contribution is -2.61. The molecular formula is C22H29FN2O4. The van der Waals surface area contributed by atoms with Crippen LogP contribution in [0, 0.1) is 11.2 Å². The molecule has 3 saturated heterocycles. The van der Waals surface area contributed by atoms with Crippen LogP contribution in [-0.4, -0.2) is 73.6 Å². The molecule has 3 heterocycles. The van der Waals surface area contributed by atoms with Gasteiger partial charge in [0.05, 0.1) is 20.3 Å². The molecule has 0 radical (unpaired) electrons. The van der Waals surface area contributed by atoms with Gasteiger partial charge in [-0.05, 0) is 43.5 Å². The number of rotatable bonds is 6. The molecule has 3 aliphatic rings. The minimum atomic E-state index is -1.12. The SMILES string of the molecule is COC(=O)[C@@]1(CCN2CCOCC2)C(=O)C[C@H]2CC[C@H]1N2Cc1ccc(F)cc1. The Morgan fingerprint density at radius 2 is 1.97 bits per heavy atom. The highest BCUT2D eigenvalue weighted by molar-refractivity contribution is 6.05. The number of hydrogen-bond donors (Lipinski definition) is 0. The van der Waals surface area contributed by atoms with Crippen molar-refractivity contribution in [2.45, 2.75) is 44.3 Å². The summed E-state index contributed by atoms with van der Waals surface area (Å²) < 4.78 is 23.9. The zero-order valence-electron chi connectivity index (χ0n) is 16.9. The Morgan fingerprint density at radius 1 is 1.24 bits per heavy atom. The number of methoxy groups -OCH3 is 1. The smallest absolute Gasteiger partial charge is 0.321 e. The summed E-state index contributed by atoms with van der Waals surface area (Å²) in [6.45, 7) is 4.29. The fraction of sp³-hybridized carbons (Fsp3) is 0.636. The zero-order valence-corrected chi connectivity index (χ0v) is 16.9. The molecule has 0 spiro atoms.